The van der Waals surface area contributed by atoms with Gasteiger partial charge in [-0.2, -0.15) is 0 Å². The van der Waals surface area contributed by atoms with E-state index in [4.69, 9.17) is 4.74 Å². The van der Waals surface area contributed by atoms with Crippen LogP contribution >= 0.6 is 0 Å². The molecule has 2 aliphatic rings. The third kappa shape index (κ3) is 4.80. The van der Waals surface area contributed by atoms with Crippen LogP contribution in [0.1, 0.15) is 71.1 Å². The Morgan fingerprint density at radius 1 is 0.943 bits per heavy atom. The van der Waals surface area contributed by atoms with E-state index >= 15 is 0 Å². The number of rotatable bonds is 5. The van der Waals surface area contributed by atoms with E-state index in [1.807, 2.05) is 13.8 Å². The lowest BCUT2D eigenvalue weighted by molar-refractivity contribution is -0.140. The molecular formula is C26H27N3O6. The van der Waals surface area contributed by atoms with Crippen molar-refractivity contribution in [2.45, 2.75) is 52.1 Å². The smallest absolute Gasteiger partial charge is 0.338 e. The second-order valence-electron chi connectivity index (χ2n) is 8.94. The lowest BCUT2D eigenvalue weighted by Crippen LogP contribution is -2.49. The second kappa shape index (κ2) is 9.69. The summed E-state index contributed by atoms with van der Waals surface area (Å²) < 4.78 is 5.24. The van der Waals surface area contributed by atoms with Crippen molar-refractivity contribution in [2.24, 2.45) is 0 Å². The molecule has 2 aromatic carbocycles. The molecule has 2 atom stereocenters. The highest BCUT2D eigenvalue weighted by atomic mass is 16.5. The van der Waals surface area contributed by atoms with Crippen LogP contribution in [-0.2, 0) is 14.3 Å². The number of benzene rings is 2. The molecule has 4 amide bonds. The SMILES string of the molecule is CC(=O)Nc1ccc(N2C(=O)c3ccc(C(=O)OCC(=O)N4C(C)CCCC4C)cc3C2=O)cc1. The van der Waals surface area contributed by atoms with E-state index in [0.717, 1.165) is 24.2 Å². The average Bonchev–Trinajstić information content (AvgIpc) is 3.07. The minimum atomic E-state index is -0.739. The van der Waals surface area contributed by atoms with Gasteiger partial charge in [-0.3, -0.25) is 19.2 Å². The highest BCUT2D eigenvalue weighted by Gasteiger charge is 2.37. The van der Waals surface area contributed by atoms with Gasteiger partial charge in [0.1, 0.15) is 0 Å². The Balaban J connectivity index is 1.46. The van der Waals surface area contributed by atoms with Gasteiger partial charge in [-0.05, 0) is 75.6 Å². The van der Waals surface area contributed by atoms with Crippen LogP contribution in [-0.4, -0.2) is 53.2 Å². The van der Waals surface area contributed by atoms with Crippen molar-refractivity contribution in [3.63, 3.8) is 0 Å². The van der Waals surface area contributed by atoms with Gasteiger partial charge in [-0.15, -0.1) is 0 Å². The third-order valence-electron chi connectivity index (χ3n) is 6.38. The molecular weight excluding hydrogens is 450 g/mol. The molecule has 2 heterocycles. The zero-order valence-corrected chi connectivity index (χ0v) is 19.9. The van der Waals surface area contributed by atoms with Gasteiger partial charge >= 0.3 is 5.97 Å². The molecule has 0 spiro atoms. The maximum atomic E-state index is 13.0. The molecule has 0 bridgehead atoms. The van der Waals surface area contributed by atoms with Gasteiger partial charge in [-0.25, -0.2) is 9.69 Å². The van der Waals surface area contributed by atoms with Gasteiger partial charge in [-0.1, -0.05) is 0 Å². The predicted octanol–water partition coefficient (Wildman–Crippen LogP) is 3.39. The standard InChI is InChI=1S/C26H27N3O6/c1-15-5-4-6-16(2)28(15)23(31)14-35-26(34)18-7-12-21-22(13-18)25(33)29(24(21)32)20-10-8-19(9-11-20)27-17(3)30/h7-13,15-16H,4-6,14H2,1-3H3,(H,27,30). The van der Waals surface area contributed by atoms with Crippen LogP contribution in [0.5, 0.6) is 0 Å². The Kier molecular flexibility index (Phi) is 6.68. The topological polar surface area (TPSA) is 113 Å². The summed E-state index contributed by atoms with van der Waals surface area (Å²) in [5.74, 6) is -2.31. The number of nitrogens with one attached hydrogen (secondary N) is 1. The Labute approximate surface area is 203 Å². The first kappa shape index (κ1) is 24.1. The minimum absolute atomic E-state index is 0.0833. The van der Waals surface area contributed by atoms with Crippen LogP contribution < -0.4 is 10.2 Å². The molecule has 182 valence electrons. The number of nitrogens with zero attached hydrogens (tertiary/aromatic N) is 2. The minimum Gasteiger partial charge on any atom is -0.452 e. The Hall–Kier alpha value is -4.01. The molecule has 0 aromatic heterocycles. The molecule has 2 aromatic rings. The van der Waals surface area contributed by atoms with Gasteiger partial charge in [0.2, 0.25) is 5.91 Å². The monoisotopic (exact) mass is 477 g/mol. The van der Waals surface area contributed by atoms with Gasteiger partial charge < -0.3 is 15.0 Å². The molecule has 0 aliphatic carbocycles. The number of carbonyl (C=O) groups is 5. The summed E-state index contributed by atoms with van der Waals surface area (Å²) in [6, 6.07) is 10.6. The first-order valence-electron chi connectivity index (χ1n) is 11.6. The summed E-state index contributed by atoms with van der Waals surface area (Å²) in [5.41, 5.74) is 1.21. The quantitative estimate of drug-likeness (QED) is 0.522. The van der Waals surface area contributed by atoms with Crippen LogP contribution in [0.2, 0.25) is 0 Å². The molecule has 2 aliphatic heterocycles. The zero-order chi connectivity index (χ0) is 25.3. The number of carbonyl (C=O) groups excluding carboxylic acids is 5. The zero-order valence-electron chi connectivity index (χ0n) is 19.9. The van der Waals surface area contributed by atoms with Crippen LogP contribution in [0.3, 0.4) is 0 Å². The number of hydrogen-bond donors (Lipinski definition) is 1. The molecule has 2 unspecified atom stereocenters. The lowest BCUT2D eigenvalue weighted by Gasteiger charge is -2.38. The summed E-state index contributed by atoms with van der Waals surface area (Å²) in [4.78, 5) is 65.1. The highest BCUT2D eigenvalue weighted by molar-refractivity contribution is 6.34. The van der Waals surface area contributed by atoms with E-state index in [2.05, 4.69) is 5.32 Å². The molecule has 1 N–H and O–H groups in total. The van der Waals surface area contributed by atoms with Gasteiger partial charge in [0, 0.05) is 24.7 Å². The maximum Gasteiger partial charge on any atom is 0.338 e. The van der Waals surface area contributed by atoms with Crippen molar-refractivity contribution in [1.29, 1.82) is 0 Å². The fourth-order valence-corrected chi connectivity index (χ4v) is 4.70. The van der Waals surface area contributed by atoms with Crippen molar-refractivity contribution >= 4 is 41.0 Å². The van der Waals surface area contributed by atoms with E-state index in [9.17, 15) is 24.0 Å². The number of ether oxygens (including phenoxy) is 1. The summed E-state index contributed by atoms with van der Waals surface area (Å²) in [7, 11) is 0. The predicted molar refractivity (Wildman–Crippen MR) is 128 cm³/mol. The number of piperidine rings is 1. The molecule has 4 rings (SSSR count). The lowest BCUT2D eigenvalue weighted by atomic mass is 9.97. The number of hydrogen-bond acceptors (Lipinski definition) is 6. The number of likely N-dealkylation sites (tertiary alicyclic amines) is 1. The summed E-state index contributed by atoms with van der Waals surface area (Å²) in [6.07, 6.45) is 2.89. The first-order valence-corrected chi connectivity index (χ1v) is 11.6. The van der Waals surface area contributed by atoms with Crippen molar-refractivity contribution < 1.29 is 28.7 Å². The fraction of sp³-hybridized carbons (Fsp3) is 0.346. The molecule has 9 heteroatoms. The molecule has 35 heavy (non-hydrogen) atoms. The van der Waals surface area contributed by atoms with Crippen LogP contribution in [0, 0.1) is 0 Å². The molecule has 0 radical (unpaired) electrons. The largest absolute Gasteiger partial charge is 0.452 e. The summed E-state index contributed by atoms with van der Waals surface area (Å²) in [6.45, 7) is 4.96. The number of amides is 4. The van der Waals surface area contributed by atoms with Crippen LogP contribution in [0.15, 0.2) is 42.5 Å². The first-order chi connectivity index (χ1) is 16.7. The normalized spacial score (nSPS) is 19.4. The molecule has 0 saturated carbocycles. The van der Waals surface area contributed by atoms with Crippen LogP contribution in [0.25, 0.3) is 0 Å². The summed E-state index contributed by atoms with van der Waals surface area (Å²) in [5, 5.41) is 2.62. The van der Waals surface area contributed by atoms with Crippen molar-refractivity contribution in [2.75, 3.05) is 16.8 Å². The summed E-state index contributed by atoms with van der Waals surface area (Å²) >= 11 is 0. The van der Waals surface area contributed by atoms with E-state index in [1.165, 1.54) is 25.1 Å². The van der Waals surface area contributed by atoms with Crippen molar-refractivity contribution in [3.8, 4) is 0 Å². The second-order valence-corrected chi connectivity index (χ2v) is 8.94. The maximum absolute atomic E-state index is 13.0. The fourth-order valence-electron chi connectivity index (χ4n) is 4.70. The third-order valence-corrected chi connectivity index (χ3v) is 6.38. The molecule has 9 nitrogen and oxygen atoms in total. The number of imide groups is 1. The highest BCUT2D eigenvalue weighted by Crippen LogP contribution is 2.30. The van der Waals surface area contributed by atoms with E-state index in [-0.39, 0.29) is 47.2 Å². The average molecular weight is 478 g/mol. The van der Waals surface area contributed by atoms with Crippen molar-refractivity contribution in [3.05, 3.63) is 59.2 Å². The number of fused-ring (bicyclic) bond motifs is 1. The molecule has 1 saturated heterocycles. The van der Waals surface area contributed by atoms with E-state index in [1.54, 1.807) is 29.2 Å². The molecule has 1 fully saturated rings. The Bertz CT molecular complexity index is 1200. The number of esters is 1. The Morgan fingerprint density at radius 2 is 1.57 bits per heavy atom. The Morgan fingerprint density at radius 3 is 2.20 bits per heavy atom. The van der Waals surface area contributed by atoms with Crippen LogP contribution in [0.4, 0.5) is 11.4 Å². The van der Waals surface area contributed by atoms with Gasteiger partial charge in [0.05, 0.1) is 22.4 Å². The number of anilines is 2. The van der Waals surface area contributed by atoms with Gasteiger partial charge in [0.25, 0.3) is 17.7 Å². The van der Waals surface area contributed by atoms with Gasteiger partial charge in [0.15, 0.2) is 6.61 Å². The van der Waals surface area contributed by atoms with E-state index < -0.39 is 17.8 Å². The van der Waals surface area contributed by atoms with Crippen molar-refractivity contribution in [1.82, 2.24) is 4.90 Å². The van der Waals surface area contributed by atoms with E-state index in [0.29, 0.717) is 11.4 Å².